The number of nitrogens with one attached hydrogen (secondary N) is 1. The lowest BCUT2D eigenvalue weighted by Gasteiger charge is -2.23. The van der Waals surface area contributed by atoms with Crippen molar-refractivity contribution >= 4 is 23.0 Å². The first-order chi connectivity index (χ1) is 15.7. The number of hydrogen-bond donors (Lipinski definition) is 4. The monoisotopic (exact) mass is 453 g/mol. The molecular weight excluding hydrogens is 434 g/mol. The summed E-state index contributed by atoms with van der Waals surface area (Å²) in [6.45, 7) is 0. The van der Waals surface area contributed by atoms with Gasteiger partial charge >= 0.3 is 11.7 Å². The largest absolute Gasteiger partial charge is 0.502 e. The van der Waals surface area contributed by atoms with Crippen LogP contribution in [-0.2, 0) is 0 Å². The second-order valence-corrected chi connectivity index (χ2v) is 7.18. The Labute approximate surface area is 186 Å². The van der Waals surface area contributed by atoms with Crippen LogP contribution in [0.3, 0.4) is 0 Å². The standard InChI is InChI=1S/C22H19N3O8/c26-20-10-5-15(11-19(20)25(32)33)21(27)12-18(13-3-8-17(9-4-13)24(30)31)23-16-6-1-14(2-7-16)22(28)29/h1-11,18,21,23,26-27H,12H2,(H,28,29). The molecule has 3 aromatic carbocycles. The quantitative estimate of drug-likeness (QED) is 0.273. The Morgan fingerprint density at radius 2 is 1.52 bits per heavy atom. The summed E-state index contributed by atoms with van der Waals surface area (Å²) < 4.78 is 0. The first kappa shape index (κ1) is 23.2. The zero-order valence-electron chi connectivity index (χ0n) is 17.0. The number of anilines is 1. The zero-order valence-corrected chi connectivity index (χ0v) is 17.0. The number of aromatic hydroxyl groups is 1. The topological polar surface area (TPSA) is 176 Å². The second kappa shape index (κ2) is 9.75. The molecule has 2 unspecified atom stereocenters. The number of phenols is 1. The third-order valence-corrected chi connectivity index (χ3v) is 5.02. The van der Waals surface area contributed by atoms with Gasteiger partial charge in [0.2, 0.25) is 0 Å². The summed E-state index contributed by atoms with van der Waals surface area (Å²) in [7, 11) is 0. The van der Waals surface area contributed by atoms with Crippen LogP contribution < -0.4 is 5.32 Å². The Morgan fingerprint density at radius 3 is 2.06 bits per heavy atom. The molecule has 0 spiro atoms. The van der Waals surface area contributed by atoms with Crippen molar-refractivity contribution in [1.29, 1.82) is 0 Å². The number of rotatable bonds is 9. The number of carbonyl (C=O) groups is 1. The Bertz CT molecular complexity index is 1180. The third kappa shape index (κ3) is 5.60. The number of non-ortho nitro benzene ring substituents is 1. The molecule has 0 fully saturated rings. The lowest BCUT2D eigenvalue weighted by atomic mass is 9.95. The molecule has 33 heavy (non-hydrogen) atoms. The van der Waals surface area contributed by atoms with E-state index in [0.717, 1.165) is 12.1 Å². The van der Waals surface area contributed by atoms with E-state index >= 15 is 0 Å². The molecule has 0 aliphatic carbocycles. The minimum Gasteiger partial charge on any atom is -0.502 e. The molecule has 11 heteroatoms. The molecule has 0 radical (unpaired) electrons. The van der Waals surface area contributed by atoms with Gasteiger partial charge in [0.05, 0.1) is 27.6 Å². The molecule has 0 amide bonds. The maximum absolute atomic E-state index is 11.1. The van der Waals surface area contributed by atoms with Crippen LogP contribution in [0.5, 0.6) is 5.75 Å². The normalized spacial score (nSPS) is 12.5. The van der Waals surface area contributed by atoms with E-state index in [1.807, 2.05) is 0 Å². The zero-order chi connectivity index (χ0) is 24.1. The SMILES string of the molecule is O=C(O)c1ccc(NC(CC(O)c2ccc(O)c([N+](=O)[O-])c2)c2ccc([N+](=O)[O-])cc2)cc1. The van der Waals surface area contributed by atoms with Crippen LogP contribution in [0.15, 0.2) is 66.7 Å². The number of aromatic carboxylic acids is 1. The third-order valence-electron chi connectivity index (χ3n) is 5.02. The van der Waals surface area contributed by atoms with Crippen molar-refractivity contribution in [1.82, 2.24) is 0 Å². The van der Waals surface area contributed by atoms with Crippen molar-refractivity contribution < 1.29 is 30.0 Å². The lowest BCUT2D eigenvalue weighted by Crippen LogP contribution is -2.15. The molecule has 0 heterocycles. The van der Waals surface area contributed by atoms with Crippen LogP contribution in [0.2, 0.25) is 0 Å². The van der Waals surface area contributed by atoms with Crippen molar-refractivity contribution in [3.8, 4) is 5.75 Å². The summed E-state index contributed by atoms with van der Waals surface area (Å²) in [4.78, 5) is 31.8. The van der Waals surface area contributed by atoms with Crippen molar-refractivity contribution in [3.63, 3.8) is 0 Å². The average Bonchev–Trinajstić information content (AvgIpc) is 2.79. The predicted molar refractivity (Wildman–Crippen MR) is 117 cm³/mol. The fourth-order valence-corrected chi connectivity index (χ4v) is 3.27. The molecule has 11 nitrogen and oxygen atoms in total. The first-order valence-corrected chi connectivity index (χ1v) is 9.65. The molecule has 170 valence electrons. The number of hydrogen-bond acceptors (Lipinski definition) is 8. The van der Waals surface area contributed by atoms with Gasteiger partial charge in [0, 0.05) is 30.3 Å². The maximum atomic E-state index is 11.1. The molecule has 0 aromatic heterocycles. The highest BCUT2D eigenvalue weighted by Crippen LogP contribution is 2.34. The smallest absolute Gasteiger partial charge is 0.335 e. The van der Waals surface area contributed by atoms with Gasteiger partial charge in [-0.3, -0.25) is 20.2 Å². The van der Waals surface area contributed by atoms with Gasteiger partial charge in [-0.25, -0.2) is 4.79 Å². The predicted octanol–water partition coefficient (Wildman–Crippen LogP) is 4.18. The fraction of sp³-hybridized carbons (Fsp3) is 0.136. The molecule has 4 N–H and O–H groups in total. The van der Waals surface area contributed by atoms with Gasteiger partial charge in [0.15, 0.2) is 5.75 Å². The molecule has 0 bridgehead atoms. The molecule has 3 rings (SSSR count). The van der Waals surface area contributed by atoms with Crippen LogP contribution in [0.1, 0.15) is 40.1 Å². The number of phenolic OH excluding ortho intramolecular Hbond substituents is 1. The fourth-order valence-electron chi connectivity index (χ4n) is 3.27. The van der Waals surface area contributed by atoms with Gasteiger partial charge in [0.1, 0.15) is 0 Å². The van der Waals surface area contributed by atoms with E-state index in [1.54, 1.807) is 12.1 Å². The van der Waals surface area contributed by atoms with E-state index in [9.17, 15) is 35.2 Å². The van der Waals surface area contributed by atoms with Gasteiger partial charge in [0.25, 0.3) is 5.69 Å². The van der Waals surface area contributed by atoms with E-state index in [2.05, 4.69) is 5.32 Å². The van der Waals surface area contributed by atoms with E-state index in [-0.39, 0.29) is 23.2 Å². The van der Waals surface area contributed by atoms with Gasteiger partial charge in [-0.2, -0.15) is 0 Å². The minimum absolute atomic E-state index is 0.0143. The Hall–Kier alpha value is -4.51. The number of nitro groups is 2. The van der Waals surface area contributed by atoms with Crippen LogP contribution >= 0.6 is 0 Å². The molecule has 2 atom stereocenters. The van der Waals surface area contributed by atoms with Gasteiger partial charge in [-0.1, -0.05) is 18.2 Å². The van der Waals surface area contributed by atoms with E-state index < -0.39 is 39.4 Å². The summed E-state index contributed by atoms with van der Waals surface area (Å²) in [5, 5.41) is 54.7. The van der Waals surface area contributed by atoms with Gasteiger partial charge < -0.3 is 20.6 Å². The number of benzene rings is 3. The number of aliphatic hydroxyl groups excluding tert-OH is 1. The molecule has 0 aliphatic rings. The Kier molecular flexibility index (Phi) is 6.84. The highest BCUT2D eigenvalue weighted by atomic mass is 16.6. The van der Waals surface area contributed by atoms with Crippen molar-refractivity contribution in [3.05, 3.63) is 104 Å². The number of carboxylic acids is 1. The lowest BCUT2D eigenvalue weighted by molar-refractivity contribution is -0.386. The van der Waals surface area contributed by atoms with Crippen molar-refractivity contribution in [2.24, 2.45) is 0 Å². The molecule has 0 saturated carbocycles. The maximum Gasteiger partial charge on any atom is 0.335 e. The van der Waals surface area contributed by atoms with Crippen LogP contribution in [0, 0.1) is 20.2 Å². The summed E-state index contributed by atoms with van der Waals surface area (Å²) in [6.07, 6.45) is -1.17. The Morgan fingerprint density at radius 1 is 0.909 bits per heavy atom. The van der Waals surface area contributed by atoms with Crippen LogP contribution in [0.4, 0.5) is 17.1 Å². The number of carboxylic acid groups (broad SMARTS) is 1. The molecular formula is C22H19N3O8. The average molecular weight is 453 g/mol. The van der Waals surface area contributed by atoms with E-state index in [4.69, 9.17) is 5.11 Å². The van der Waals surface area contributed by atoms with Gasteiger partial charge in [-0.05, 0) is 41.5 Å². The highest BCUT2D eigenvalue weighted by Gasteiger charge is 2.22. The summed E-state index contributed by atoms with van der Waals surface area (Å²) in [6, 6.07) is 14.5. The summed E-state index contributed by atoms with van der Waals surface area (Å²) in [5.74, 6) is -1.61. The summed E-state index contributed by atoms with van der Waals surface area (Å²) in [5.41, 5.74) is 0.759. The van der Waals surface area contributed by atoms with Crippen LogP contribution in [-0.4, -0.2) is 31.1 Å². The van der Waals surface area contributed by atoms with Gasteiger partial charge in [-0.15, -0.1) is 0 Å². The number of nitrogens with zero attached hydrogens (tertiary/aromatic N) is 2. The highest BCUT2D eigenvalue weighted by molar-refractivity contribution is 5.88. The first-order valence-electron chi connectivity index (χ1n) is 9.65. The van der Waals surface area contributed by atoms with E-state index in [1.165, 1.54) is 42.5 Å². The van der Waals surface area contributed by atoms with E-state index in [0.29, 0.717) is 11.3 Å². The molecule has 0 aliphatic heterocycles. The van der Waals surface area contributed by atoms with Crippen LogP contribution in [0.25, 0.3) is 0 Å². The minimum atomic E-state index is -1.18. The molecule has 0 saturated heterocycles. The number of nitro benzene ring substituents is 2. The van der Waals surface area contributed by atoms with Crippen molar-refractivity contribution in [2.75, 3.05) is 5.32 Å². The number of aliphatic hydroxyl groups is 1. The second-order valence-electron chi connectivity index (χ2n) is 7.18. The van der Waals surface area contributed by atoms with Crippen molar-refractivity contribution in [2.45, 2.75) is 18.6 Å². The summed E-state index contributed by atoms with van der Waals surface area (Å²) >= 11 is 0. The molecule has 3 aromatic rings. The Balaban J connectivity index is 1.90.